The van der Waals surface area contributed by atoms with Crippen molar-refractivity contribution in [2.75, 3.05) is 7.05 Å². The fourth-order valence-corrected chi connectivity index (χ4v) is 2.34. The van der Waals surface area contributed by atoms with Gasteiger partial charge in [0, 0.05) is 23.9 Å². The highest BCUT2D eigenvalue weighted by Crippen LogP contribution is 2.30. The number of pyridine rings is 1. The van der Waals surface area contributed by atoms with Gasteiger partial charge in [-0.3, -0.25) is 4.98 Å². The smallest absolute Gasteiger partial charge is 0.142 e. The van der Waals surface area contributed by atoms with Gasteiger partial charge in [-0.1, -0.05) is 30.7 Å². The minimum absolute atomic E-state index is 0.0123. The van der Waals surface area contributed by atoms with Crippen LogP contribution in [0, 0.1) is 5.82 Å². The molecule has 0 aliphatic rings. The maximum absolute atomic E-state index is 13.6. The molecule has 0 aliphatic carbocycles. The molecular formula is C15H16ClFN2. The van der Waals surface area contributed by atoms with Crippen molar-refractivity contribution >= 4 is 11.6 Å². The second-order valence-electron chi connectivity index (χ2n) is 4.48. The van der Waals surface area contributed by atoms with E-state index in [-0.39, 0.29) is 17.0 Å². The third-order valence-corrected chi connectivity index (χ3v) is 3.57. The van der Waals surface area contributed by atoms with Crippen LogP contribution < -0.4 is 5.32 Å². The third-order valence-electron chi connectivity index (χ3n) is 3.27. The molecule has 1 N–H and O–H groups in total. The number of halogens is 2. The van der Waals surface area contributed by atoms with Crippen LogP contribution in [0.1, 0.15) is 30.1 Å². The number of hydrogen-bond donors (Lipinski definition) is 1. The molecule has 2 nitrogen and oxygen atoms in total. The molecule has 0 aliphatic heterocycles. The summed E-state index contributed by atoms with van der Waals surface area (Å²) in [6.07, 6.45) is 1.76. The number of hydrogen-bond acceptors (Lipinski definition) is 2. The molecule has 2 aromatic rings. The van der Waals surface area contributed by atoms with Crippen LogP contribution in [0.2, 0.25) is 5.02 Å². The summed E-state index contributed by atoms with van der Waals surface area (Å²) < 4.78 is 13.6. The number of benzene rings is 1. The van der Waals surface area contributed by atoms with E-state index in [1.807, 2.05) is 31.3 Å². The largest absolute Gasteiger partial charge is 0.312 e. The summed E-state index contributed by atoms with van der Waals surface area (Å²) in [5, 5.41) is 3.36. The summed E-state index contributed by atoms with van der Waals surface area (Å²) in [7, 11) is 1.86. The zero-order valence-corrected chi connectivity index (χ0v) is 11.7. The first kappa shape index (κ1) is 14.0. The SMILES string of the molecule is CNC(c1ccc(Cl)c(F)c1)C(C)c1ccccn1. The minimum atomic E-state index is -0.396. The Balaban J connectivity index is 2.31. The molecule has 1 aromatic heterocycles. The summed E-state index contributed by atoms with van der Waals surface area (Å²) in [5.41, 5.74) is 1.83. The Kier molecular flexibility index (Phi) is 4.51. The molecule has 2 rings (SSSR count). The van der Waals surface area contributed by atoms with Crippen LogP contribution in [-0.2, 0) is 0 Å². The van der Waals surface area contributed by atoms with Crippen molar-refractivity contribution in [3.8, 4) is 0 Å². The fourth-order valence-electron chi connectivity index (χ4n) is 2.23. The predicted molar refractivity (Wildman–Crippen MR) is 75.9 cm³/mol. The maximum atomic E-state index is 13.6. The highest BCUT2D eigenvalue weighted by molar-refractivity contribution is 6.30. The molecule has 2 atom stereocenters. The van der Waals surface area contributed by atoms with E-state index in [0.717, 1.165) is 11.3 Å². The highest BCUT2D eigenvalue weighted by Gasteiger charge is 2.21. The molecule has 1 heterocycles. The minimum Gasteiger partial charge on any atom is -0.312 e. The average molecular weight is 279 g/mol. The van der Waals surface area contributed by atoms with E-state index in [4.69, 9.17) is 11.6 Å². The molecule has 4 heteroatoms. The van der Waals surface area contributed by atoms with Gasteiger partial charge < -0.3 is 5.32 Å². The monoisotopic (exact) mass is 278 g/mol. The van der Waals surface area contributed by atoms with E-state index in [1.165, 1.54) is 6.07 Å². The van der Waals surface area contributed by atoms with Gasteiger partial charge >= 0.3 is 0 Å². The van der Waals surface area contributed by atoms with Gasteiger partial charge in [0.2, 0.25) is 0 Å². The Hall–Kier alpha value is -1.45. The van der Waals surface area contributed by atoms with Crippen LogP contribution in [0.15, 0.2) is 42.6 Å². The first-order chi connectivity index (χ1) is 9.13. The zero-order valence-electron chi connectivity index (χ0n) is 10.9. The molecule has 0 fully saturated rings. The van der Waals surface area contributed by atoms with Crippen molar-refractivity contribution in [1.82, 2.24) is 10.3 Å². The summed E-state index contributed by atoms with van der Waals surface area (Å²) in [5.74, 6) is -0.264. The molecule has 0 saturated carbocycles. The maximum Gasteiger partial charge on any atom is 0.142 e. The Morgan fingerprint density at radius 3 is 2.63 bits per heavy atom. The number of nitrogens with one attached hydrogen (secondary N) is 1. The number of aromatic nitrogens is 1. The van der Waals surface area contributed by atoms with Crippen molar-refractivity contribution in [1.29, 1.82) is 0 Å². The molecular weight excluding hydrogens is 263 g/mol. The molecule has 0 saturated heterocycles. The van der Waals surface area contributed by atoms with E-state index in [1.54, 1.807) is 12.3 Å². The van der Waals surface area contributed by atoms with E-state index in [2.05, 4.69) is 17.2 Å². The van der Waals surface area contributed by atoms with E-state index >= 15 is 0 Å². The van der Waals surface area contributed by atoms with Crippen molar-refractivity contribution in [2.24, 2.45) is 0 Å². The van der Waals surface area contributed by atoms with Gasteiger partial charge in [-0.25, -0.2) is 4.39 Å². The summed E-state index contributed by atoms with van der Waals surface area (Å²) in [6.45, 7) is 2.07. The molecule has 19 heavy (non-hydrogen) atoms. The average Bonchev–Trinajstić information content (AvgIpc) is 2.44. The first-order valence-electron chi connectivity index (χ1n) is 6.16. The Bertz CT molecular complexity index is 545. The molecule has 1 aromatic carbocycles. The lowest BCUT2D eigenvalue weighted by Crippen LogP contribution is -2.23. The summed E-state index contributed by atoms with van der Waals surface area (Å²) >= 11 is 5.72. The lowest BCUT2D eigenvalue weighted by molar-refractivity contribution is 0.495. The van der Waals surface area contributed by atoms with E-state index < -0.39 is 5.82 Å². The zero-order chi connectivity index (χ0) is 13.8. The van der Waals surface area contributed by atoms with E-state index in [9.17, 15) is 4.39 Å². The molecule has 0 spiro atoms. The highest BCUT2D eigenvalue weighted by atomic mass is 35.5. The van der Waals surface area contributed by atoms with Crippen LogP contribution in [0.4, 0.5) is 4.39 Å². The topological polar surface area (TPSA) is 24.9 Å². The predicted octanol–water partition coefficient (Wildman–Crippen LogP) is 3.94. The third kappa shape index (κ3) is 3.11. The van der Waals surface area contributed by atoms with Crippen LogP contribution >= 0.6 is 11.6 Å². The number of likely N-dealkylation sites (N-methyl/N-ethyl adjacent to an activating group) is 1. The van der Waals surface area contributed by atoms with Gasteiger partial charge in [0.25, 0.3) is 0 Å². The molecule has 0 bridgehead atoms. The van der Waals surface area contributed by atoms with Crippen molar-refractivity contribution in [3.05, 3.63) is 64.7 Å². The van der Waals surface area contributed by atoms with Gasteiger partial charge in [-0.2, -0.15) is 0 Å². The summed E-state index contributed by atoms with van der Waals surface area (Å²) in [6, 6.07) is 10.7. The van der Waals surface area contributed by atoms with E-state index in [0.29, 0.717) is 0 Å². The van der Waals surface area contributed by atoms with Crippen molar-refractivity contribution < 1.29 is 4.39 Å². The number of nitrogens with zero attached hydrogens (tertiary/aromatic N) is 1. The standard InChI is InChI=1S/C15H16ClFN2/c1-10(14-5-3-4-8-19-14)15(18-2)11-6-7-12(16)13(17)9-11/h3-10,15,18H,1-2H3. The molecule has 100 valence electrons. The van der Waals surface area contributed by atoms with Gasteiger partial charge in [-0.15, -0.1) is 0 Å². The first-order valence-corrected chi connectivity index (χ1v) is 6.54. The van der Waals surface area contributed by atoms with Crippen LogP contribution in [0.25, 0.3) is 0 Å². The molecule has 0 radical (unpaired) electrons. The molecule has 0 amide bonds. The van der Waals surface area contributed by atoms with Gasteiger partial charge in [-0.05, 0) is 36.9 Å². The number of rotatable bonds is 4. The van der Waals surface area contributed by atoms with Gasteiger partial charge in [0.05, 0.1) is 5.02 Å². The van der Waals surface area contributed by atoms with Gasteiger partial charge in [0.15, 0.2) is 0 Å². The molecule has 2 unspecified atom stereocenters. The van der Waals surface area contributed by atoms with Crippen LogP contribution in [0.5, 0.6) is 0 Å². The Morgan fingerprint density at radius 2 is 2.05 bits per heavy atom. The second-order valence-corrected chi connectivity index (χ2v) is 4.89. The lowest BCUT2D eigenvalue weighted by atomic mass is 9.91. The van der Waals surface area contributed by atoms with Crippen LogP contribution in [-0.4, -0.2) is 12.0 Å². The fraction of sp³-hybridized carbons (Fsp3) is 0.267. The Morgan fingerprint density at radius 1 is 1.26 bits per heavy atom. The van der Waals surface area contributed by atoms with Gasteiger partial charge in [0.1, 0.15) is 5.82 Å². The second kappa shape index (κ2) is 6.13. The quantitative estimate of drug-likeness (QED) is 0.916. The van der Waals surface area contributed by atoms with Crippen molar-refractivity contribution in [3.63, 3.8) is 0 Å². The summed E-state index contributed by atoms with van der Waals surface area (Å²) in [4.78, 5) is 4.35. The normalized spacial score (nSPS) is 14.1. The van der Waals surface area contributed by atoms with Crippen molar-refractivity contribution in [2.45, 2.75) is 18.9 Å². The lowest BCUT2D eigenvalue weighted by Gasteiger charge is -2.23. The van der Waals surface area contributed by atoms with Crippen LogP contribution in [0.3, 0.4) is 0 Å². The Labute approximate surface area is 117 Å².